The average Bonchev–Trinajstić information content (AvgIpc) is 2.01. The average molecular weight is 210 g/mol. The Morgan fingerprint density at radius 1 is 1.57 bits per heavy atom. The van der Waals surface area contributed by atoms with Crippen LogP contribution in [0.25, 0.3) is 0 Å². The van der Waals surface area contributed by atoms with E-state index in [1.165, 1.54) is 0 Å². The molecule has 0 aromatic carbocycles. The number of hydrogen-bond acceptors (Lipinski definition) is 4. The highest BCUT2D eigenvalue weighted by Crippen LogP contribution is 2.23. The highest BCUT2D eigenvalue weighted by atomic mass is 19.4. The normalized spacial score (nSPS) is 13.1. The van der Waals surface area contributed by atoms with Gasteiger partial charge in [0.1, 0.15) is 0 Å². The van der Waals surface area contributed by atoms with E-state index >= 15 is 0 Å². The van der Waals surface area contributed by atoms with E-state index < -0.39 is 29.8 Å². The highest BCUT2D eigenvalue weighted by molar-refractivity contribution is 6.09. The van der Waals surface area contributed by atoms with Crippen molar-refractivity contribution in [3.05, 3.63) is 11.3 Å². The van der Waals surface area contributed by atoms with E-state index in [2.05, 4.69) is 4.74 Å². The number of nitrogens with two attached hydrogens (primary N) is 1. The summed E-state index contributed by atoms with van der Waals surface area (Å²) in [6.07, 6.45) is -5.51. The molecular weight excluding hydrogens is 201 g/mol. The van der Waals surface area contributed by atoms with Gasteiger partial charge in [0.2, 0.25) is 0 Å². The van der Waals surface area contributed by atoms with Gasteiger partial charge in [-0.3, -0.25) is 0 Å². The summed E-state index contributed by atoms with van der Waals surface area (Å²) in [6.45, 7) is 0. The quantitative estimate of drug-likeness (QED) is 0.414. The summed E-state index contributed by atoms with van der Waals surface area (Å²) in [4.78, 5) is 10.8. The van der Waals surface area contributed by atoms with Crippen molar-refractivity contribution in [2.45, 2.75) is 12.6 Å². The fourth-order valence-corrected chi connectivity index (χ4v) is 0.704. The molecule has 0 aliphatic rings. The van der Waals surface area contributed by atoms with Crippen LogP contribution in [-0.2, 0) is 9.53 Å². The van der Waals surface area contributed by atoms with Crippen LogP contribution in [0, 0.1) is 5.41 Å². The third-order valence-corrected chi connectivity index (χ3v) is 1.29. The van der Waals surface area contributed by atoms with Gasteiger partial charge < -0.3 is 15.9 Å². The van der Waals surface area contributed by atoms with Gasteiger partial charge in [0.15, 0.2) is 0 Å². The summed E-state index contributed by atoms with van der Waals surface area (Å²) in [5.74, 6) is -1.05. The second-order valence-corrected chi connectivity index (χ2v) is 2.37. The predicted octanol–water partition coefficient (Wildman–Crippen LogP) is 0.974. The Hall–Kier alpha value is -1.53. The maximum Gasteiger partial charge on any atom is 0.394 e. The third-order valence-electron chi connectivity index (χ3n) is 1.29. The summed E-state index contributed by atoms with van der Waals surface area (Å²) >= 11 is 0. The van der Waals surface area contributed by atoms with Gasteiger partial charge >= 0.3 is 12.1 Å². The Labute approximate surface area is 78.0 Å². The fraction of sp³-hybridized carbons (Fsp3) is 0.429. The first-order valence-electron chi connectivity index (χ1n) is 3.46. The molecule has 0 atom stereocenters. The summed E-state index contributed by atoms with van der Waals surface area (Å²) in [7, 11) is 0.993. The molecule has 0 rings (SSSR count). The minimum atomic E-state index is -4.51. The summed E-state index contributed by atoms with van der Waals surface area (Å²) in [6, 6.07) is 0. The molecule has 0 spiro atoms. The SMILES string of the molecule is COC(=O)/C(C=N)=C(/N)CC(F)(F)F. The van der Waals surface area contributed by atoms with Crippen LogP contribution in [0.15, 0.2) is 11.3 Å². The Morgan fingerprint density at radius 3 is 2.36 bits per heavy atom. The topological polar surface area (TPSA) is 76.2 Å². The smallest absolute Gasteiger partial charge is 0.394 e. The summed E-state index contributed by atoms with van der Waals surface area (Å²) < 4.78 is 39.6. The van der Waals surface area contributed by atoms with Crippen LogP contribution >= 0.6 is 0 Å². The Morgan fingerprint density at radius 2 is 2.07 bits per heavy atom. The van der Waals surface area contributed by atoms with E-state index in [-0.39, 0.29) is 0 Å². The zero-order valence-corrected chi connectivity index (χ0v) is 7.31. The highest BCUT2D eigenvalue weighted by Gasteiger charge is 2.30. The zero-order valence-electron chi connectivity index (χ0n) is 7.31. The lowest BCUT2D eigenvalue weighted by molar-refractivity contribution is -0.135. The lowest BCUT2D eigenvalue weighted by atomic mass is 10.2. The molecule has 0 unspecified atom stereocenters. The van der Waals surface area contributed by atoms with Gasteiger partial charge in [0.05, 0.1) is 19.1 Å². The molecule has 14 heavy (non-hydrogen) atoms. The molecule has 80 valence electrons. The first-order chi connectivity index (χ1) is 6.31. The molecule has 4 nitrogen and oxygen atoms in total. The number of alkyl halides is 3. The number of rotatable bonds is 3. The number of methoxy groups -OCH3 is 1. The second kappa shape index (κ2) is 4.64. The van der Waals surface area contributed by atoms with Crippen molar-refractivity contribution >= 4 is 12.2 Å². The molecule has 0 aromatic heterocycles. The number of esters is 1. The van der Waals surface area contributed by atoms with Crippen LogP contribution < -0.4 is 5.73 Å². The molecule has 0 aliphatic heterocycles. The van der Waals surface area contributed by atoms with E-state index in [0.717, 1.165) is 7.11 Å². The number of halogens is 3. The summed E-state index contributed by atoms with van der Waals surface area (Å²) in [5.41, 5.74) is 3.70. The van der Waals surface area contributed by atoms with Gasteiger partial charge in [-0.25, -0.2) is 4.79 Å². The van der Waals surface area contributed by atoms with Crippen molar-refractivity contribution in [3.8, 4) is 0 Å². The lowest BCUT2D eigenvalue weighted by Crippen LogP contribution is -2.19. The standard InChI is InChI=1S/C7H9F3N2O2/c1-14-6(13)4(3-11)5(12)2-7(8,9)10/h3,11H,2,12H2,1H3/b5-4+,11-3?. The van der Waals surface area contributed by atoms with Gasteiger partial charge in [0.25, 0.3) is 0 Å². The van der Waals surface area contributed by atoms with Crippen molar-refractivity contribution < 1.29 is 22.7 Å². The van der Waals surface area contributed by atoms with Crippen molar-refractivity contribution in [1.29, 1.82) is 5.41 Å². The molecule has 0 bridgehead atoms. The van der Waals surface area contributed by atoms with Crippen molar-refractivity contribution in [2.75, 3.05) is 7.11 Å². The minimum absolute atomic E-state index is 0.437. The molecule has 0 aliphatic carbocycles. The molecule has 0 amide bonds. The van der Waals surface area contributed by atoms with Gasteiger partial charge in [-0.05, 0) is 0 Å². The first-order valence-corrected chi connectivity index (χ1v) is 3.46. The van der Waals surface area contributed by atoms with Gasteiger partial charge in [-0.15, -0.1) is 0 Å². The molecule has 0 saturated carbocycles. The number of carbonyl (C=O) groups is 1. The lowest BCUT2D eigenvalue weighted by Gasteiger charge is -2.08. The molecule has 0 aromatic rings. The zero-order chi connectivity index (χ0) is 11.4. The van der Waals surface area contributed by atoms with Crippen molar-refractivity contribution in [1.82, 2.24) is 0 Å². The van der Waals surface area contributed by atoms with E-state index in [1.807, 2.05) is 0 Å². The maximum absolute atomic E-state index is 11.8. The molecular formula is C7H9F3N2O2. The van der Waals surface area contributed by atoms with Crippen LogP contribution in [0.1, 0.15) is 6.42 Å². The first kappa shape index (κ1) is 12.5. The number of allylic oxidation sites excluding steroid dienone is 1. The number of nitrogens with one attached hydrogen (secondary N) is 1. The van der Waals surface area contributed by atoms with E-state index in [4.69, 9.17) is 11.1 Å². The molecule has 0 fully saturated rings. The molecule has 0 heterocycles. The van der Waals surface area contributed by atoms with E-state index in [9.17, 15) is 18.0 Å². The van der Waals surface area contributed by atoms with E-state index in [0.29, 0.717) is 6.21 Å². The van der Waals surface area contributed by atoms with Gasteiger partial charge in [0, 0.05) is 11.9 Å². The van der Waals surface area contributed by atoms with Crippen LogP contribution in [0.3, 0.4) is 0 Å². The Kier molecular flexibility index (Phi) is 4.13. The summed E-state index contributed by atoms with van der Waals surface area (Å²) in [5, 5.41) is 6.70. The fourth-order valence-electron chi connectivity index (χ4n) is 0.704. The number of ether oxygens (including phenoxy) is 1. The Balaban J connectivity index is 4.85. The molecule has 0 saturated heterocycles. The Bertz CT molecular complexity index is 271. The molecule has 3 N–H and O–H groups in total. The minimum Gasteiger partial charge on any atom is -0.465 e. The predicted molar refractivity (Wildman–Crippen MR) is 42.7 cm³/mol. The van der Waals surface area contributed by atoms with Crippen LogP contribution in [-0.4, -0.2) is 25.5 Å². The van der Waals surface area contributed by atoms with Gasteiger partial charge in [-0.2, -0.15) is 13.2 Å². The number of carbonyl (C=O) groups excluding carboxylic acids is 1. The van der Waals surface area contributed by atoms with Crippen LogP contribution in [0.4, 0.5) is 13.2 Å². The largest absolute Gasteiger partial charge is 0.465 e. The second-order valence-electron chi connectivity index (χ2n) is 2.37. The third kappa shape index (κ3) is 3.92. The maximum atomic E-state index is 11.8. The van der Waals surface area contributed by atoms with Crippen molar-refractivity contribution in [3.63, 3.8) is 0 Å². The van der Waals surface area contributed by atoms with Crippen LogP contribution in [0.5, 0.6) is 0 Å². The van der Waals surface area contributed by atoms with Gasteiger partial charge in [-0.1, -0.05) is 0 Å². The van der Waals surface area contributed by atoms with E-state index in [1.54, 1.807) is 0 Å². The van der Waals surface area contributed by atoms with Crippen LogP contribution in [0.2, 0.25) is 0 Å². The molecule has 0 radical (unpaired) electrons. The monoisotopic (exact) mass is 210 g/mol. The molecule has 7 heteroatoms. The number of hydrogen-bond donors (Lipinski definition) is 2. The van der Waals surface area contributed by atoms with Crippen molar-refractivity contribution in [2.24, 2.45) is 5.73 Å².